The fraction of sp³-hybridized carbons (Fsp3) is 0.333. The number of carbonyl (C=O) groups is 2. The highest BCUT2D eigenvalue weighted by molar-refractivity contribution is 6.35. The zero-order valence-electron chi connectivity index (χ0n) is 11.2. The summed E-state index contributed by atoms with van der Waals surface area (Å²) in [5.41, 5.74) is -4.76. The Bertz CT molecular complexity index is 624. The topological polar surface area (TPSA) is 75.6 Å². The molecule has 1 aromatic rings. The minimum Gasteiger partial charge on any atom is -0.467 e. The van der Waals surface area contributed by atoms with Crippen LogP contribution in [0.3, 0.4) is 0 Å². The van der Waals surface area contributed by atoms with Crippen molar-refractivity contribution < 1.29 is 41.4 Å². The molecule has 2 atom stereocenters. The van der Waals surface area contributed by atoms with Crippen LogP contribution in [0.4, 0.5) is 27.6 Å². The first-order valence-corrected chi connectivity index (χ1v) is 6.16. The van der Waals surface area contributed by atoms with Gasteiger partial charge in [0.15, 0.2) is 17.0 Å². The van der Waals surface area contributed by atoms with Crippen molar-refractivity contribution in [1.29, 1.82) is 0 Å². The van der Waals surface area contributed by atoms with Crippen molar-refractivity contribution >= 4 is 29.2 Å². The van der Waals surface area contributed by atoms with E-state index < -0.39 is 46.4 Å². The predicted molar refractivity (Wildman–Crippen MR) is 67.6 cm³/mol. The number of methoxy groups -OCH3 is 1. The number of nitrogens with one attached hydrogen (secondary N) is 1. The van der Waals surface area contributed by atoms with Crippen molar-refractivity contribution in [2.24, 2.45) is 0 Å². The van der Waals surface area contributed by atoms with E-state index in [0.717, 1.165) is 6.07 Å². The zero-order valence-corrected chi connectivity index (χ0v) is 12.0. The molecule has 0 unspecified atom stereocenters. The summed E-state index contributed by atoms with van der Waals surface area (Å²) >= 11 is 5.27. The average Bonchev–Trinajstić information content (AvgIpc) is 2.47. The molecule has 0 saturated heterocycles. The number of alkyl halides is 4. The second-order valence-corrected chi connectivity index (χ2v) is 4.67. The quantitative estimate of drug-likeness (QED) is 0.488. The van der Waals surface area contributed by atoms with Crippen molar-refractivity contribution in [2.75, 3.05) is 12.4 Å². The lowest BCUT2D eigenvalue weighted by Gasteiger charge is -2.30. The summed E-state index contributed by atoms with van der Waals surface area (Å²) < 4.78 is 68.2. The Labute approximate surface area is 131 Å². The van der Waals surface area contributed by atoms with Crippen LogP contribution in [0, 0.1) is 11.6 Å². The van der Waals surface area contributed by atoms with Gasteiger partial charge in [-0.05, 0) is 12.1 Å². The van der Waals surface area contributed by atoms with E-state index in [1.165, 1.54) is 0 Å². The first kappa shape index (κ1) is 19.1. The standard InChI is InChI=1S/C12H9ClF5NO4/c1-23-10(21)11(22,12(16,17)18)8(13)9(20)19-5-2-3-6(14)7(15)4-5/h2-4,8,22H,1H3,(H,19,20)/t8-,11-/m1/s1. The molecular weight excluding hydrogens is 353 g/mol. The van der Waals surface area contributed by atoms with Gasteiger partial charge in [-0.25, -0.2) is 13.6 Å². The van der Waals surface area contributed by atoms with Gasteiger partial charge in [-0.1, -0.05) is 0 Å². The molecule has 0 spiro atoms. The summed E-state index contributed by atoms with van der Waals surface area (Å²) in [5.74, 6) is -6.52. The fourth-order valence-electron chi connectivity index (χ4n) is 1.49. The molecule has 0 saturated carbocycles. The third kappa shape index (κ3) is 3.70. The lowest BCUT2D eigenvalue weighted by Crippen LogP contribution is -2.62. The maximum Gasteiger partial charge on any atom is 0.430 e. The van der Waals surface area contributed by atoms with Crippen molar-refractivity contribution in [3.63, 3.8) is 0 Å². The normalized spacial score (nSPS) is 15.5. The summed E-state index contributed by atoms with van der Waals surface area (Å²) in [6.07, 6.45) is -5.63. The predicted octanol–water partition coefficient (Wildman–Crippen LogP) is 1.98. The Hall–Kier alpha value is -1.94. The molecule has 1 rings (SSSR count). The third-order valence-corrected chi connectivity index (χ3v) is 3.23. The summed E-state index contributed by atoms with van der Waals surface area (Å²) in [4.78, 5) is 22.9. The number of ether oxygens (including phenoxy) is 1. The molecule has 0 aromatic heterocycles. The largest absolute Gasteiger partial charge is 0.467 e. The highest BCUT2D eigenvalue weighted by Crippen LogP contribution is 2.37. The van der Waals surface area contributed by atoms with Gasteiger partial charge in [0.25, 0.3) is 5.60 Å². The number of anilines is 1. The van der Waals surface area contributed by atoms with Crippen molar-refractivity contribution in [3.8, 4) is 0 Å². The van der Waals surface area contributed by atoms with E-state index in [-0.39, 0.29) is 0 Å². The number of hydrogen-bond donors (Lipinski definition) is 2. The molecule has 0 radical (unpaired) electrons. The minimum atomic E-state index is -5.63. The van der Waals surface area contributed by atoms with Crippen LogP contribution in [-0.2, 0) is 14.3 Å². The number of halogens is 6. The maximum atomic E-state index is 13.0. The number of rotatable bonds is 4. The summed E-state index contributed by atoms with van der Waals surface area (Å²) in [6.45, 7) is 0. The van der Waals surface area contributed by atoms with Crippen LogP contribution in [0.1, 0.15) is 0 Å². The second kappa shape index (κ2) is 6.67. The molecule has 1 aromatic carbocycles. The lowest BCUT2D eigenvalue weighted by atomic mass is 9.98. The highest BCUT2D eigenvalue weighted by Gasteiger charge is 2.67. The Morgan fingerprint density at radius 3 is 2.26 bits per heavy atom. The number of hydrogen-bond acceptors (Lipinski definition) is 4. The van der Waals surface area contributed by atoms with Crippen LogP contribution in [0.5, 0.6) is 0 Å². The van der Waals surface area contributed by atoms with Gasteiger partial charge >= 0.3 is 12.1 Å². The SMILES string of the molecule is COC(=O)[C@](O)([C@H](Cl)C(=O)Nc1ccc(F)c(F)c1)C(F)(F)F. The van der Waals surface area contributed by atoms with Crippen molar-refractivity contribution in [1.82, 2.24) is 0 Å². The molecule has 0 aliphatic rings. The van der Waals surface area contributed by atoms with Gasteiger partial charge in [0.1, 0.15) is 0 Å². The van der Waals surface area contributed by atoms with E-state index >= 15 is 0 Å². The fourth-order valence-corrected chi connectivity index (χ4v) is 1.76. The number of benzene rings is 1. The highest BCUT2D eigenvalue weighted by atomic mass is 35.5. The number of carbonyl (C=O) groups excluding carboxylic acids is 2. The van der Waals surface area contributed by atoms with Crippen molar-refractivity contribution in [2.45, 2.75) is 17.2 Å². The molecule has 0 fully saturated rings. The summed E-state index contributed by atoms with van der Waals surface area (Å²) in [7, 11) is 0.551. The maximum absolute atomic E-state index is 13.0. The van der Waals surface area contributed by atoms with Gasteiger partial charge in [-0.3, -0.25) is 4.79 Å². The van der Waals surface area contributed by atoms with E-state index in [4.69, 9.17) is 11.6 Å². The summed E-state index contributed by atoms with van der Waals surface area (Å²) in [5, 5.41) is 8.38. The van der Waals surface area contributed by atoms with Gasteiger partial charge in [-0.2, -0.15) is 13.2 Å². The van der Waals surface area contributed by atoms with Crippen LogP contribution >= 0.6 is 11.6 Å². The molecule has 0 aliphatic heterocycles. The number of aliphatic hydroxyl groups is 1. The van der Waals surface area contributed by atoms with Crippen LogP contribution in [0.2, 0.25) is 0 Å². The van der Waals surface area contributed by atoms with Gasteiger partial charge in [0, 0.05) is 11.8 Å². The Morgan fingerprint density at radius 2 is 1.83 bits per heavy atom. The van der Waals surface area contributed by atoms with E-state index in [2.05, 4.69) is 4.74 Å². The molecule has 0 bridgehead atoms. The average molecular weight is 362 g/mol. The van der Waals surface area contributed by atoms with Gasteiger partial charge in [0.2, 0.25) is 5.91 Å². The molecular formula is C12H9ClF5NO4. The Balaban J connectivity index is 3.09. The van der Waals surface area contributed by atoms with E-state index in [1.54, 1.807) is 5.32 Å². The minimum absolute atomic E-state index is 0.436. The Morgan fingerprint density at radius 1 is 1.26 bits per heavy atom. The molecule has 23 heavy (non-hydrogen) atoms. The molecule has 1 amide bonds. The Kier molecular flexibility index (Phi) is 5.54. The second-order valence-electron chi connectivity index (χ2n) is 4.24. The van der Waals surface area contributed by atoms with E-state index in [0.29, 0.717) is 19.2 Å². The summed E-state index contributed by atoms with van der Waals surface area (Å²) in [6, 6.07) is 1.91. The smallest absolute Gasteiger partial charge is 0.430 e. The van der Waals surface area contributed by atoms with Crippen LogP contribution in [0.25, 0.3) is 0 Å². The molecule has 128 valence electrons. The third-order valence-electron chi connectivity index (χ3n) is 2.71. The molecule has 11 heteroatoms. The van der Waals surface area contributed by atoms with Gasteiger partial charge in [0.05, 0.1) is 7.11 Å². The van der Waals surface area contributed by atoms with Crippen LogP contribution in [0.15, 0.2) is 18.2 Å². The number of esters is 1. The molecule has 0 heterocycles. The van der Waals surface area contributed by atoms with Crippen LogP contribution in [-0.4, -0.2) is 41.2 Å². The van der Waals surface area contributed by atoms with Gasteiger partial charge in [-0.15, -0.1) is 11.6 Å². The molecule has 0 aliphatic carbocycles. The zero-order chi connectivity index (χ0) is 18.0. The molecule has 5 nitrogen and oxygen atoms in total. The molecule has 2 N–H and O–H groups in total. The van der Waals surface area contributed by atoms with Gasteiger partial charge < -0.3 is 15.2 Å². The van der Waals surface area contributed by atoms with Crippen LogP contribution < -0.4 is 5.32 Å². The van der Waals surface area contributed by atoms with Crippen molar-refractivity contribution in [3.05, 3.63) is 29.8 Å². The van der Waals surface area contributed by atoms with E-state index in [9.17, 15) is 36.6 Å². The first-order valence-electron chi connectivity index (χ1n) is 5.72. The monoisotopic (exact) mass is 361 g/mol. The lowest BCUT2D eigenvalue weighted by molar-refractivity contribution is -0.260. The first-order chi connectivity index (χ1) is 10.4. The van der Waals surface area contributed by atoms with E-state index in [1.807, 2.05) is 0 Å². The number of amides is 1.